The Balaban J connectivity index is 2.53. The molecule has 0 heterocycles. The van der Waals surface area contributed by atoms with Crippen molar-refractivity contribution < 1.29 is 9.50 Å². The zero-order valence-corrected chi connectivity index (χ0v) is 7.68. The van der Waals surface area contributed by atoms with Gasteiger partial charge < -0.3 is 10.4 Å². The van der Waals surface area contributed by atoms with Crippen molar-refractivity contribution >= 4 is 5.69 Å². The van der Waals surface area contributed by atoms with E-state index in [-0.39, 0.29) is 5.75 Å². The summed E-state index contributed by atoms with van der Waals surface area (Å²) in [7, 11) is 0. The molecule has 0 aliphatic rings. The second-order valence-electron chi connectivity index (χ2n) is 2.95. The van der Waals surface area contributed by atoms with Gasteiger partial charge in [-0.3, -0.25) is 0 Å². The van der Waals surface area contributed by atoms with Crippen LogP contribution in [0, 0.1) is 5.82 Å². The second-order valence-corrected chi connectivity index (χ2v) is 2.95. The molecule has 0 aliphatic carbocycles. The summed E-state index contributed by atoms with van der Waals surface area (Å²) >= 11 is 0. The number of benzene rings is 1. The van der Waals surface area contributed by atoms with Gasteiger partial charge in [-0.1, -0.05) is 13.3 Å². The minimum atomic E-state index is -0.582. The molecule has 0 atom stereocenters. The topological polar surface area (TPSA) is 32.3 Å². The Kier molecular flexibility index (Phi) is 3.55. The number of aromatic hydroxyl groups is 1. The Labute approximate surface area is 77.4 Å². The summed E-state index contributed by atoms with van der Waals surface area (Å²) in [6, 6.07) is 4.31. The lowest BCUT2D eigenvalue weighted by Gasteiger charge is -2.05. The fraction of sp³-hybridized carbons (Fsp3) is 0.400. The number of hydrogen-bond donors (Lipinski definition) is 2. The maximum Gasteiger partial charge on any atom is 0.166 e. The largest absolute Gasteiger partial charge is 0.505 e. The van der Waals surface area contributed by atoms with Crippen LogP contribution in [0.2, 0.25) is 0 Å². The van der Waals surface area contributed by atoms with Gasteiger partial charge in [0.2, 0.25) is 0 Å². The van der Waals surface area contributed by atoms with E-state index in [0.717, 1.165) is 19.4 Å². The van der Waals surface area contributed by atoms with Crippen LogP contribution in [0.25, 0.3) is 0 Å². The van der Waals surface area contributed by atoms with Crippen molar-refractivity contribution in [3.8, 4) is 5.75 Å². The van der Waals surface area contributed by atoms with Gasteiger partial charge >= 0.3 is 0 Å². The van der Waals surface area contributed by atoms with Gasteiger partial charge in [0.05, 0.1) is 0 Å². The zero-order valence-electron chi connectivity index (χ0n) is 7.68. The lowest BCUT2D eigenvalue weighted by Crippen LogP contribution is -2.00. The van der Waals surface area contributed by atoms with E-state index in [9.17, 15) is 4.39 Å². The standard InChI is InChI=1S/C10H14FNO/c1-2-3-6-12-8-4-5-10(13)9(11)7-8/h4-5,7,12-13H,2-3,6H2,1H3. The summed E-state index contributed by atoms with van der Waals surface area (Å²) in [5, 5.41) is 12.0. The Morgan fingerprint density at radius 2 is 2.23 bits per heavy atom. The van der Waals surface area contributed by atoms with Crippen molar-refractivity contribution in [2.45, 2.75) is 19.8 Å². The first kappa shape index (κ1) is 9.84. The van der Waals surface area contributed by atoms with E-state index >= 15 is 0 Å². The lowest BCUT2D eigenvalue weighted by molar-refractivity contribution is 0.432. The number of anilines is 1. The van der Waals surface area contributed by atoms with E-state index in [1.54, 1.807) is 6.07 Å². The zero-order chi connectivity index (χ0) is 9.68. The minimum absolute atomic E-state index is 0.305. The molecule has 0 saturated carbocycles. The van der Waals surface area contributed by atoms with Crippen LogP contribution in [0.1, 0.15) is 19.8 Å². The number of phenolic OH excluding ortho intramolecular Hbond substituents is 1. The molecule has 72 valence electrons. The molecule has 0 aromatic heterocycles. The Hall–Kier alpha value is -1.25. The third-order valence-electron chi connectivity index (χ3n) is 1.81. The SMILES string of the molecule is CCCCNc1ccc(O)c(F)c1. The average molecular weight is 183 g/mol. The number of hydrogen-bond acceptors (Lipinski definition) is 2. The summed E-state index contributed by atoms with van der Waals surface area (Å²) in [5.41, 5.74) is 0.712. The summed E-state index contributed by atoms with van der Waals surface area (Å²) < 4.78 is 12.8. The van der Waals surface area contributed by atoms with Gasteiger partial charge in [-0.05, 0) is 18.6 Å². The fourth-order valence-electron chi connectivity index (χ4n) is 1.03. The molecule has 0 unspecified atom stereocenters. The molecule has 1 rings (SSSR count). The Morgan fingerprint density at radius 1 is 1.46 bits per heavy atom. The van der Waals surface area contributed by atoms with E-state index in [1.165, 1.54) is 12.1 Å². The molecule has 0 amide bonds. The molecular weight excluding hydrogens is 169 g/mol. The van der Waals surface area contributed by atoms with Crippen molar-refractivity contribution in [3.05, 3.63) is 24.0 Å². The normalized spacial score (nSPS) is 10.0. The molecular formula is C10H14FNO. The quantitative estimate of drug-likeness (QED) is 0.555. The highest BCUT2D eigenvalue weighted by atomic mass is 19.1. The third kappa shape index (κ3) is 2.93. The number of halogens is 1. The lowest BCUT2D eigenvalue weighted by atomic mass is 10.2. The molecule has 3 heteroatoms. The van der Waals surface area contributed by atoms with Gasteiger partial charge in [0.1, 0.15) is 0 Å². The Bertz CT molecular complexity index is 276. The summed E-state index contributed by atoms with van der Waals surface area (Å²) in [6.07, 6.45) is 2.16. The van der Waals surface area contributed by atoms with Gasteiger partial charge in [0.15, 0.2) is 11.6 Å². The second kappa shape index (κ2) is 4.70. The van der Waals surface area contributed by atoms with Crippen LogP contribution in [0.4, 0.5) is 10.1 Å². The highest BCUT2D eigenvalue weighted by Crippen LogP contribution is 2.19. The number of rotatable bonds is 4. The van der Waals surface area contributed by atoms with Crippen molar-refractivity contribution in [3.63, 3.8) is 0 Å². The van der Waals surface area contributed by atoms with Gasteiger partial charge in [-0.15, -0.1) is 0 Å². The minimum Gasteiger partial charge on any atom is -0.505 e. The first-order valence-corrected chi connectivity index (χ1v) is 4.46. The molecule has 0 spiro atoms. The van der Waals surface area contributed by atoms with Crippen LogP contribution in [0.15, 0.2) is 18.2 Å². The van der Waals surface area contributed by atoms with Crippen LogP contribution in [0.3, 0.4) is 0 Å². The van der Waals surface area contributed by atoms with E-state index in [1.807, 2.05) is 0 Å². The van der Waals surface area contributed by atoms with Crippen molar-refractivity contribution in [1.29, 1.82) is 0 Å². The average Bonchev–Trinajstić information content (AvgIpc) is 2.12. The third-order valence-corrected chi connectivity index (χ3v) is 1.81. The smallest absolute Gasteiger partial charge is 0.166 e. The molecule has 0 bridgehead atoms. The molecule has 2 N–H and O–H groups in total. The van der Waals surface area contributed by atoms with Crippen LogP contribution < -0.4 is 5.32 Å². The first-order valence-electron chi connectivity index (χ1n) is 4.46. The molecule has 0 saturated heterocycles. The highest BCUT2D eigenvalue weighted by Gasteiger charge is 1.99. The van der Waals surface area contributed by atoms with Crippen LogP contribution in [-0.2, 0) is 0 Å². The van der Waals surface area contributed by atoms with Gasteiger partial charge in [0, 0.05) is 18.3 Å². The summed E-state index contributed by atoms with van der Waals surface area (Å²) in [4.78, 5) is 0. The van der Waals surface area contributed by atoms with Crippen molar-refractivity contribution in [1.82, 2.24) is 0 Å². The Morgan fingerprint density at radius 3 is 2.85 bits per heavy atom. The van der Waals surface area contributed by atoms with Crippen LogP contribution in [-0.4, -0.2) is 11.7 Å². The summed E-state index contributed by atoms with van der Waals surface area (Å²) in [5.74, 6) is -0.887. The molecule has 13 heavy (non-hydrogen) atoms. The molecule has 1 aromatic carbocycles. The molecule has 2 nitrogen and oxygen atoms in total. The first-order chi connectivity index (χ1) is 6.24. The van der Waals surface area contributed by atoms with Gasteiger partial charge in [-0.2, -0.15) is 0 Å². The number of nitrogens with one attached hydrogen (secondary N) is 1. The van der Waals surface area contributed by atoms with Crippen molar-refractivity contribution in [2.75, 3.05) is 11.9 Å². The fourth-order valence-corrected chi connectivity index (χ4v) is 1.03. The maximum absolute atomic E-state index is 12.8. The monoisotopic (exact) mass is 183 g/mol. The molecule has 0 aliphatic heterocycles. The van der Waals surface area contributed by atoms with Crippen molar-refractivity contribution in [2.24, 2.45) is 0 Å². The number of phenols is 1. The predicted octanol–water partition coefficient (Wildman–Crippen LogP) is 2.74. The van der Waals surface area contributed by atoms with Crippen LogP contribution in [0.5, 0.6) is 5.75 Å². The molecule has 1 aromatic rings. The molecule has 0 fully saturated rings. The highest BCUT2D eigenvalue weighted by molar-refractivity contribution is 5.46. The summed E-state index contributed by atoms with van der Waals surface area (Å²) in [6.45, 7) is 2.93. The predicted molar refractivity (Wildman–Crippen MR) is 51.5 cm³/mol. The van der Waals surface area contributed by atoms with Gasteiger partial charge in [0.25, 0.3) is 0 Å². The van der Waals surface area contributed by atoms with E-state index in [4.69, 9.17) is 5.11 Å². The van der Waals surface area contributed by atoms with E-state index in [2.05, 4.69) is 12.2 Å². The molecule has 0 radical (unpaired) electrons. The maximum atomic E-state index is 12.8. The van der Waals surface area contributed by atoms with E-state index < -0.39 is 5.82 Å². The van der Waals surface area contributed by atoms with E-state index in [0.29, 0.717) is 5.69 Å². The van der Waals surface area contributed by atoms with Gasteiger partial charge in [-0.25, -0.2) is 4.39 Å². The van der Waals surface area contributed by atoms with Crippen LogP contribution >= 0.6 is 0 Å². The number of unbranched alkanes of at least 4 members (excludes halogenated alkanes) is 1.